The van der Waals surface area contributed by atoms with E-state index in [1.807, 2.05) is 25.9 Å². The van der Waals surface area contributed by atoms with Crippen LogP contribution in [0.5, 0.6) is 0 Å². The lowest BCUT2D eigenvalue weighted by Gasteiger charge is -2.20. The third kappa shape index (κ3) is 5.34. The second-order valence-corrected chi connectivity index (χ2v) is 6.84. The van der Waals surface area contributed by atoms with Gasteiger partial charge in [-0.25, -0.2) is 0 Å². The van der Waals surface area contributed by atoms with Crippen LogP contribution in [-0.2, 0) is 22.4 Å². The smallest absolute Gasteiger partial charge is 0.309 e. The summed E-state index contributed by atoms with van der Waals surface area (Å²) in [4.78, 5) is 25.9. The molecule has 0 bridgehead atoms. The molecule has 2 rings (SSSR count). The molecule has 1 atom stereocenters. The molecule has 1 unspecified atom stereocenters. The van der Waals surface area contributed by atoms with Crippen molar-refractivity contribution in [2.24, 2.45) is 0 Å². The maximum absolute atomic E-state index is 12.0. The van der Waals surface area contributed by atoms with Crippen molar-refractivity contribution in [1.29, 1.82) is 0 Å². The van der Waals surface area contributed by atoms with Crippen molar-refractivity contribution in [3.63, 3.8) is 0 Å². The standard InChI is InChI=1S/C19H29N3O2/c1-14(16-10-9-15-7-4-5-8-17(15)13-16)21-19(24)18(23)20-11-6-12-22(2)3/h9-10,13-14H,4-8,11-12H2,1-3H3,(H,20,23)(H,21,24). The second kappa shape index (κ2) is 8.83. The zero-order valence-electron chi connectivity index (χ0n) is 15.0. The number of fused-ring (bicyclic) bond motifs is 1. The van der Waals surface area contributed by atoms with Crippen LogP contribution in [0.15, 0.2) is 18.2 Å². The summed E-state index contributed by atoms with van der Waals surface area (Å²) < 4.78 is 0. The van der Waals surface area contributed by atoms with Crippen LogP contribution in [-0.4, -0.2) is 43.9 Å². The predicted octanol–water partition coefficient (Wildman–Crippen LogP) is 1.81. The number of aryl methyl sites for hydroxylation is 2. The van der Waals surface area contributed by atoms with Crippen LogP contribution in [0, 0.1) is 0 Å². The Hall–Kier alpha value is -1.88. The molecule has 0 aromatic heterocycles. The third-order valence-electron chi connectivity index (χ3n) is 4.49. The van der Waals surface area contributed by atoms with Crippen LogP contribution in [0.2, 0.25) is 0 Å². The summed E-state index contributed by atoms with van der Waals surface area (Å²) in [6.07, 6.45) is 5.56. The molecule has 0 saturated carbocycles. The maximum Gasteiger partial charge on any atom is 0.309 e. The molecule has 1 aliphatic rings. The van der Waals surface area contributed by atoms with Crippen LogP contribution < -0.4 is 10.6 Å². The Morgan fingerprint density at radius 1 is 1.12 bits per heavy atom. The molecule has 2 N–H and O–H groups in total. The van der Waals surface area contributed by atoms with E-state index in [0.29, 0.717) is 6.54 Å². The van der Waals surface area contributed by atoms with E-state index in [9.17, 15) is 9.59 Å². The molecule has 24 heavy (non-hydrogen) atoms. The van der Waals surface area contributed by atoms with Gasteiger partial charge in [-0.2, -0.15) is 0 Å². The van der Waals surface area contributed by atoms with Crippen molar-refractivity contribution in [3.05, 3.63) is 34.9 Å². The lowest BCUT2D eigenvalue weighted by Crippen LogP contribution is -2.41. The molecule has 132 valence electrons. The van der Waals surface area contributed by atoms with E-state index in [2.05, 4.69) is 28.8 Å². The first-order valence-corrected chi connectivity index (χ1v) is 8.82. The fraction of sp³-hybridized carbons (Fsp3) is 0.579. The monoisotopic (exact) mass is 331 g/mol. The van der Waals surface area contributed by atoms with Gasteiger partial charge in [0.25, 0.3) is 0 Å². The van der Waals surface area contributed by atoms with Crippen molar-refractivity contribution in [3.8, 4) is 0 Å². The Morgan fingerprint density at radius 2 is 1.83 bits per heavy atom. The molecular formula is C19H29N3O2. The quantitative estimate of drug-likeness (QED) is 0.617. The maximum atomic E-state index is 12.0. The van der Waals surface area contributed by atoms with Gasteiger partial charge in [-0.05, 0) is 76.4 Å². The number of carbonyl (C=O) groups excluding carboxylic acids is 2. The topological polar surface area (TPSA) is 61.4 Å². The number of rotatable bonds is 6. The van der Waals surface area contributed by atoms with Gasteiger partial charge in [0.05, 0.1) is 6.04 Å². The minimum Gasteiger partial charge on any atom is -0.348 e. The zero-order chi connectivity index (χ0) is 17.5. The average Bonchev–Trinajstić information content (AvgIpc) is 2.57. The minimum absolute atomic E-state index is 0.169. The minimum atomic E-state index is -0.565. The Morgan fingerprint density at radius 3 is 2.54 bits per heavy atom. The van der Waals surface area contributed by atoms with E-state index in [4.69, 9.17) is 0 Å². The molecule has 2 amide bonds. The van der Waals surface area contributed by atoms with Crippen LogP contribution in [0.3, 0.4) is 0 Å². The van der Waals surface area contributed by atoms with Crippen LogP contribution in [0.1, 0.15) is 48.9 Å². The SMILES string of the molecule is CC(NC(=O)C(=O)NCCCN(C)C)c1ccc2c(c1)CCCC2. The van der Waals surface area contributed by atoms with Crippen molar-refractivity contribution < 1.29 is 9.59 Å². The zero-order valence-corrected chi connectivity index (χ0v) is 15.0. The van der Waals surface area contributed by atoms with Gasteiger partial charge in [0.15, 0.2) is 0 Å². The summed E-state index contributed by atoms with van der Waals surface area (Å²) in [5.74, 6) is -1.12. The molecule has 0 saturated heterocycles. The van der Waals surface area contributed by atoms with Gasteiger partial charge < -0.3 is 15.5 Å². The molecule has 0 aliphatic heterocycles. The molecule has 5 nitrogen and oxygen atoms in total. The Kier molecular flexibility index (Phi) is 6.79. The highest BCUT2D eigenvalue weighted by atomic mass is 16.2. The van der Waals surface area contributed by atoms with Crippen molar-refractivity contribution in [1.82, 2.24) is 15.5 Å². The number of nitrogens with zero attached hydrogens (tertiary/aromatic N) is 1. The Balaban J connectivity index is 1.83. The van der Waals surface area contributed by atoms with Crippen molar-refractivity contribution in [2.45, 2.75) is 45.1 Å². The van der Waals surface area contributed by atoms with E-state index in [1.54, 1.807) is 0 Å². The highest BCUT2D eigenvalue weighted by molar-refractivity contribution is 6.35. The fourth-order valence-corrected chi connectivity index (χ4v) is 3.05. The van der Waals surface area contributed by atoms with E-state index >= 15 is 0 Å². The van der Waals surface area contributed by atoms with E-state index < -0.39 is 11.8 Å². The van der Waals surface area contributed by atoms with Crippen LogP contribution in [0.25, 0.3) is 0 Å². The normalized spacial score (nSPS) is 14.8. The van der Waals surface area contributed by atoms with Gasteiger partial charge in [-0.1, -0.05) is 18.2 Å². The predicted molar refractivity (Wildman–Crippen MR) is 95.8 cm³/mol. The average molecular weight is 331 g/mol. The lowest BCUT2D eigenvalue weighted by atomic mass is 9.89. The Bertz CT molecular complexity index is 584. The van der Waals surface area contributed by atoms with E-state index in [0.717, 1.165) is 31.4 Å². The molecule has 1 aliphatic carbocycles. The van der Waals surface area contributed by atoms with E-state index in [1.165, 1.54) is 24.0 Å². The molecule has 0 fully saturated rings. The van der Waals surface area contributed by atoms with Gasteiger partial charge in [0.1, 0.15) is 0 Å². The number of hydrogen-bond donors (Lipinski definition) is 2. The molecule has 1 aromatic rings. The van der Waals surface area contributed by atoms with Gasteiger partial charge in [0.2, 0.25) is 0 Å². The highest BCUT2D eigenvalue weighted by Gasteiger charge is 2.18. The summed E-state index contributed by atoms with van der Waals surface area (Å²) in [5.41, 5.74) is 3.86. The number of carbonyl (C=O) groups is 2. The molecule has 1 aromatic carbocycles. The molecule has 0 spiro atoms. The number of hydrogen-bond acceptors (Lipinski definition) is 3. The summed E-state index contributed by atoms with van der Waals surface area (Å²) in [6, 6.07) is 6.23. The summed E-state index contributed by atoms with van der Waals surface area (Å²) in [6.45, 7) is 3.31. The van der Waals surface area contributed by atoms with Gasteiger partial charge in [-0.3, -0.25) is 9.59 Å². The van der Waals surface area contributed by atoms with Crippen LogP contribution in [0.4, 0.5) is 0 Å². The Labute approximate surface area is 144 Å². The molecule has 0 heterocycles. The fourth-order valence-electron chi connectivity index (χ4n) is 3.05. The number of nitrogens with one attached hydrogen (secondary N) is 2. The van der Waals surface area contributed by atoms with Gasteiger partial charge >= 0.3 is 11.8 Å². The van der Waals surface area contributed by atoms with Gasteiger partial charge in [-0.15, -0.1) is 0 Å². The lowest BCUT2D eigenvalue weighted by molar-refractivity contribution is -0.139. The second-order valence-electron chi connectivity index (χ2n) is 6.84. The highest BCUT2D eigenvalue weighted by Crippen LogP contribution is 2.24. The first-order chi connectivity index (χ1) is 11.5. The first kappa shape index (κ1) is 18.5. The van der Waals surface area contributed by atoms with Crippen LogP contribution >= 0.6 is 0 Å². The van der Waals surface area contributed by atoms with Crippen molar-refractivity contribution in [2.75, 3.05) is 27.2 Å². The third-order valence-corrected chi connectivity index (χ3v) is 4.49. The first-order valence-electron chi connectivity index (χ1n) is 8.82. The molecule has 0 radical (unpaired) electrons. The molecule has 5 heteroatoms. The largest absolute Gasteiger partial charge is 0.348 e. The van der Waals surface area contributed by atoms with Gasteiger partial charge in [0, 0.05) is 6.54 Å². The number of benzene rings is 1. The van der Waals surface area contributed by atoms with Crippen molar-refractivity contribution >= 4 is 11.8 Å². The summed E-state index contributed by atoms with van der Waals surface area (Å²) in [7, 11) is 3.96. The number of amides is 2. The molecular weight excluding hydrogens is 302 g/mol. The van der Waals surface area contributed by atoms with E-state index in [-0.39, 0.29) is 6.04 Å². The summed E-state index contributed by atoms with van der Waals surface area (Å²) >= 11 is 0. The summed E-state index contributed by atoms with van der Waals surface area (Å²) in [5, 5.41) is 5.46.